The Morgan fingerprint density at radius 3 is 2.34 bits per heavy atom. The maximum atomic E-state index is 5.88. The average molecular weight is 398 g/mol. The first-order valence-corrected chi connectivity index (χ1v) is 11.1. The van der Waals surface area contributed by atoms with Crippen LogP contribution in [0, 0.1) is 5.92 Å². The lowest BCUT2D eigenvalue weighted by Crippen LogP contribution is -2.26. The zero-order chi connectivity index (χ0) is 21.4. The molecule has 29 heavy (non-hydrogen) atoms. The Morgan fingerprint density at radius 2 is 1.76 bits per heavy atom. The van der Waals surface area contributed by atoms with Gasteiger partial charge in [0.2, 0.25) is 5.88 Å². The molecule has 0 aromatic carbocycles. The molecule has 1 unspecified atom stereocenters. The van der Waals surface area contributed by atoms with Crippen molar-refractivity contribution < 1.29 is 4.74 Å². The van der Waals surface area contributed by atoms with Gasteiger partial charge in [-0.05, 0) is 56.2 Å². The molecule has 2 aromatic heterocycles. The van der Waals surface area contributed by atoms with Crippen LogP contribution in [0.4, 0.5) is 5.82 Å². The molecule has 2 aromatic rings. The number of hydrogen-bond acceptors (Lipinski definition) is 4. The number of ether oxygens (including phenoxy) is 1. The van der Waals surface area contributed by atoms with E-state index in [-0.39, 0.29) is 5.41 Å². The molecular formula is C25H39N3O. The van der Waals surface area contributed by atoms with Gasteiger partial charge in [0, 0.05) is 36.5 Å². The second-order valence-electron chi connectivity index (χ2n) is 8.97. The SMILES string of the molecule is CCN(CC)c1cccc(C(C)(C)CC(C)CCOc2ccc(C(C)C)cn2)n1. The van der Waals surface area contributed by atoms with Gasteiger partial charge in [0.1, 0.15) is 5.82 Å². The molecule has 0 bridgehead atoms. The lowest BCUT2D eigenvalue weighted by Gasteiger charge is -2.29. The molecule has 4 nitrogen and oxygen atoms in total. The van der Waals surface area contributed by atoms with Crippen molar-refractivity contribution in [2.75, 3.05) is 24.6 Å². The average Bonchev–Trinajstić information content (AvgIpc) is 2.69. The van der Waals surface area contributed by atoms with Crippen LogP contribution in [-0.2, 0) is 5.41 Å². The Morgan fingerprint density at radius 1 is 1.03 bits per heavy atom. The Balaban J connectivity index is 1.90. The summed E-state index contributed by atoms with van der Waals surface area (Å²) in [5, 5.41) is 0. The van der Waals surface area contributed by atoms with Crippen molar-refractivity contribution >= 4 is 5.82 Å². The molecule has 0 amide bonds. The van der Waals surface area contributed by atoms with Gasteiger partial charge in [-0.15, -0.1) is 0 Å². The number of pyridine rings is 2. The third kappa shape index (κ3) is 6.73. The molecule has 2 heterocycles. The predicted octanol–water partition coefficient (Wildman–Crippen LogP) is 6.22. The molecule has 1 atom stereocenters. The van der Waals surface area contributed by atoms with Crippen molar-refractivity contribution in [3.8, 4) is 5.88 Å². The van der Waals surface area contributed by atoms with Gasteiger partial charge in [-0.25, -0.2) is 9.97 Å². The normalized spacial score (nSPS) is 12.8. The fourth-order valence-electron chi connectivity index (χ4n) is 3.79. The fourth-order valence-corrected chi connectivity index (χ4v) is 3.79. The van der Waals surface area contributed by atoms with Gasteiger partial charge < -0.3 is 9.64 Å². The molecule has 0 aliphatic rings. The van der Waals surface area contributed by atoms with Crippen molar-refractivity contribution in [1.82, 2.24) is 9.97 Å². The summed E-state index contributed by atoms with van der Waals surface area (Å²) in [6.45, 7) is 18.2. The molecule has 0 radical (unpaired) electrons. The number of anilines is 1. The molecule has 0 saturated heterocycles. The van der Waals surface area contributed by atoms with Crippen molar-refractivity contribution in [3.05, 3.63) is 47.8 Å². The van der Waals surface area contributed by atoms with Crippen LogP contribution >= 0.6 is 0 Å². The number of hydrogen-bond donors (Lipinski definition) is 0. The van der Waals surface area contributed by atoms with Crippen molar-refractivity contribution in [2.24, 2.45) is 5.92 Å². The van der Waals surface area contributed by atoms with E-state index in [1.165, 1.54) is 11.3 Å². The minimum absolute atomic E-state index is 0.0275. The lowest BCUT2D eigenvalue weighted by atomic mass is 9.79. The van der Waals surface area contributed by atoms with Gasteiger partial charge in [0.25, 0.3) is 0 Å². The highest BCUT2D eigenvalue weighted by Gasteiger charge is 2.25. The van der Waals surface area contributed by atoms with E-state index in [9.17, 15) is 0 Å². The highest BCUT2D eigenvalue weighted by Crippen LogP contribution is 2.31. The molecule has 0 N–H and O–H groups in total. The zero-order valence-electron chi connectivity index (χ0n) is 19.4. The summed E-state index contributed by atoms with van der Waals surface area (Å²) >= 11 is 0. The monoisotopic (exact) mass is 397 g/mol. The van der Waals surface area contributed by atoms with Gasteiger partial charge in [0.05, 0.1) is 6.61 Å². The summed E-state index contributed by atoms with van der Waals surface area (Å²) in [5.41, 5.74) is 2.44. The second kappa shape index (κ2) is 10.6. The van der Waals surface area contributed by atoms with Gasteiger partial charge in [-0.2, -0.15) is 0 Å². The van der Waals surface area contributed by atoms with E-state index >= 15 is 0 Å². The van der Waals surface area contributed by atoms with Crippen LogP contribution < -0.4 is 9.64 Å². The van der Waals surface area contributed by atoms with Crippen LogP contribution in [0.15, 0.2) is 36.5 Å². The summed E-state index contributed by atoms with van der Waals surface area (Å²) in [5.74, 6) is 2.83. The smallest absolute Gasteiger partial charge is 0.213 e. The topological polar surface area (TPSA) is 38.2 Å². The third-order valence-corrected chi connectivity index (χ3v) is 5.66. The van der Waals surface area contributed by atoms with Crippen LogP contribution in [0.2, 0.25) is 0 Å². The number of nitrogens with zero attached hydrogens (tertiary/aromatic N) is 3. The summed E-state index contributed by atoms with van der Waals surface area (Å²) in [6, 6.07) is 10.5. The molecule has 0 aliphatic carbocycles. The van der Waals surface area contributed by atoms with Crippen LogP contribution in [0.3, 0.4) is 0 Å². The number of aromatic nitrogens is 2. The van der Waals surface area contributed by atoms with Crippen molar-refractivity contribution in [3.63, 3.8) is 0 Å². The first-order valence-electron chi connectivity index (χ1n) is 11.1. The third-order valence-electron chi connectivity index (χ3n) is 5.66. The molecule has 0 aliphatic heterocycles. The molecular weight excluding hydrogens is 358 g/mol. The lowest BCUT2D eigenvalue weighted by molar-refractivity contribution is 0.253. The molecule has 4 heteroatoms. The van der Waals surface area contributed by atoms with E-state index < -0.39 is 0 Å². The van der Waals surface area contributed by atoms with Gasteiger partial charge in [0.15, 0.2) is 0 Å². The Kier molecular flexibility index (Phi) is 8.48. The molecule has 2 rings (SSSR count). The van der Waals surface area contributed by atoms with E-state index in [0.717, 1.165) is 37.6 Å². The van der Waals surface area contributed by atoms with E-state index in [1.54, 1.807) is 0 Å². The maximum absolute atomic E-state index is 5.88. The summed E-state index contributed by atoms with van der Waals surface area (Å²) in [4.78, 5) is 11.7. The van der Waals surface area contributed by atoms with E-state index in [1.807, 2.05) is 12.3 Å². The van der Waals surface area contributed by atoms with Crippen LogP contribution in [-0.4, -0.2) is 29.7 Å². The largest absolute Gasteiger partial charge is 0.478 e. The van der Waals surface area contributed by atoms with Crippen LogP contribution in [0.5, 0.6) is 5.88 Å². The standard InChI is InChI=1S/C25H39N3O/c1-8-28(9-2)23-12-10-11-22(27-23)25(6,7)17-20(5)15-16-29-24-14-13-21(18-26-24)19(3)4/h10-14,18-20H,8-9,15-17H2,1-7H3. The summed E-state index contributed by atoms with van der Waals surface area (Å²) < 4.78 is 5.88. The molecule has 0 saturated carbocycles. The zero-order valence-corrected chi connectivity index (χ0v) is 19.4. The van der Waals surface area contributed by atoms with E-state index in [0.29, 0.717) is 18.4 Å². The van der Waals surface area contributed by atoms with Crippen LogP contribution in [0.25, 0.3) is 0 Å². The van der Waals surface area contributed by atoms with Crippen molar-refractivity contribution in [1.29, 1.82) is 0 Å². The summed E-state index contributed by atoms with van der Waals surface area (Å²) in [7, 11) is 0. The Hall–Kier alpha value is -2.10. The second-order valence-corrected chi connectivity index (χ2v) is 8.97. The van der Waals surface area contributed by atoms with Gasteiger partial charge >= 0.3 is 0 Å². The molecule has 0 spiro atoms. The predicted molar refractivity (Wildman–Crippen MR) is 123 cm³/mol. The minimum Gasteiger partial charge on any atom is -0.478 e. The highest BCUT2D eigenvalue weighted by molar-refractivity contribution is 5.40. The fraction of sp³-hybridized carbons (Fsp3) is 0.600. The first-order chi connectivity index (χ1) is 13.8. The molecule has 0 fully saturated rings. The van der Waals surface area contributed by atoms with E-state index in [4.69, 9.17) is 9.72 Å². The van der Waals surface area contributed by atoms with Crippen LogP contribution in [0.1, 0.15) is 78.5 Å². The quantitative estimate of drug-likeness (QED) is 0.451. The highest BCUT2D eigenvalue weighted by atomic mass is 16.5. The van der Waals surface area contributed by atoms with E-state index in [2.05, 4.69) is 82.6 Å². The number of rotatable bonds is 11. The summed E-state index contributed by atoms with van der Waals surface area (Å²) in [6.07, 6.45) is 4.00. The van der Waals surface area contributed by atoms with Gasteiger partial charge in [-0.3, -0.25) is 0 Å². The molecule has 160 valence electrons. The Bertz CT molecular complexity index is 736. The maximum Gasteiger partial charge on any atom is 0.213 e. The first kappa shape index (κ1) is 23.2. The minimum atomic E-state index is 0.0275. The van der Waals surface area contributed by atoms with Gasteiger partial charge in [-0.1, -0.05) is 46.8 Å². The van der Waals surface area contributed by atoms with Crippen molar-refractivity contribution in [2.45, 2.75) is 72.6 Å². The Labute approximate surface area is 177 Å².